The van der Waals surface area contributed by atoms with Gasteiger partial charge in [0.2, 0.25) is 0 Å². The molecule has 0 atom stereocenters. The predicted octanol–water partition coefficient (Wildman–Crippen LogP) is 2.09. The van der Waals surface area contributed by atoms with Crippen LogP contribution in [-0.4, -0.2) is 17.9 Å². The van der Waals surface area contributed by atoms with Gasteiger partial charge in [-0.25, -0.2) is 0 Å². The molecule has 0 saturated heterocycles. The summed E-state index contributed by atoms with van der Waals surface area (Å²) in [5, 5.41) is 9.39. The number of hydrogen-bond acceptors (Lipinski definition) is 3. The standard InChI is InChI=1S/C12H16N2O/c1-3-14-8-11(7-13)10-4-5-12(15)9(2)6-10/h4-8,15H,3,13H2,1-2H3. The highest BCUT2D eigenvalue weighted by Gasteiger charge is 2.01. The monoisotopic (exact) mass is 204 g/mol. The molecule has 3 nitrogen and oxygen atoms in total. The zero-order chi connectivity index (χ0) is 11.3. The van der Waals surface area contributed by atoms with E-state index in [0.717, 1.165) is 23.2 Å². The van der Waals surface area contributed by atoms with E-state index in [-0.39, 0.29) is 0 Å². The first kappa shape index (κ1) is 11.3. The molecule has 3 heteroatoms. The van der Waals surface area contributed by atoms with E-state index in [1.165, 1.54) is 6.20 Å². The molecule has 0 bridgehead atoms. The number of phenols is 1. The first-order chi connectivity index (χ1) is 7.19. The van der Waals surface area contributed by atoms with Crippen LogP contribution in [0, 0.1) is 6.92 Å². The Morgan fingerprint density at radius 1 is 1.53 bits per heavy atom. The van der Waals surface area contributed by atoms with Crippen molar-refractivity contribution in [3.63, 3.8) is 0 Å². The van der Waals surface area contributed by atoms with Crippen LogP contribution in [0.1, 0.15) is 18.1 Å². The van der Waals surface area contributed by atoms with Crippen LogP contribution in [-0.2, 0) is 0 Å². The molecule has 0 heterocycles. The van der Waals surface area contributed by atoms with Crippen LogP contribution >= 0.6 is 0 Å². The minimum Gasteiger partial charge on any atom is -0.508 e. The van der Waals surface area contributed by atoms with Crippen LogP contribution in [0.4, 0.5) is 0 Å². The Kier molecular flexibility index (Phi) is 3.92. The number of aliphatic imine (C=N–C) groups is 1. The maximum absolute atomic E-state index is 9.39. The molecule has 1 aromatic carbocycles. The van der Waals surface area contributed by atoms with Gasteiger partial charge in [0.1, 0.15) is 5.75 Å². The summed E-state index contributed by atoms with van der Waals surface area (Å²) >= 11 is 0. The molecule has 0 fully saturated rings. The number of aromatic hydroxyl groups is 1. The first-order valence-electron chi connectivity index (χ1n) is 4.90. The zero-order valence-electron chi connectivity index (χ0n) is 9.07. The Morgan fingerprint density at radius 3 is 2.80 bits per heavy atom. The van der Waals surface area contributed by atoms with Gasteiger partial charge < -0.3 is 10.8 Å². The fourth-order valence-electron chi connectivity index (χ4n) is 1.24. The van der Waals surface area contributed by atoms with Crippen molar-refractivity contribution in [3.05, 3.63) is 35.5 Å². The Morgan fingerprint density at radius 2 is 2.27 bits per heavy atom. The molecule has 1 rings (SSSR count). The van der Waals surface area contributed by atoms with Gasteiger partial charge in [0.15, 0.2) is 0 Å². The first-order valence-corrected chi connectivity index (χ1v) is 4.90. The molecule has 0 spiro atoms. The van der Waals surface area contributed by atoms with Gasteiger partial charge in [-0.2, -0.15) is 0 Å². The molecule has 0 aliphatic heterocycles. The van der Waals surface area contributed by atoms with Gasteiger partial charge in [-0.05, 0) is 37.1 Å². The average molecular weight is 204 g/mol. The van der Waals surface area contributed by atoms with Gasteiger partial charge in [0, 0.05) is 24.5 Å². The number of rotatable bonds is 3. The lowest BCUT2D eigenvalue weighted by atomic mass is 10.0. The van der Waals surface area contributed by atoms with Crippen molar-refractivity contribution >= 4 is 11.8 Å². The summed E-state index contributed by atoms with van der Waals surface area (Å²) in [6.07, 6.45) is 3.26. The van der Waals surface area contributed by atoms with E-state index in [1.807, 2.05) is 26.0 Å². The largest absolute Gasteiger partial charge is 0.508 e. The van der Waals surface area contributed by atoms with Crippen molar-refractivity contribution < 1.29 is 5.11 Å². The van der Waals surface area contributed by atoms with Crippen molar-refractivity contribution in [2.45, 2.75) is 13.8 Å². The second-order valence-corrected chi connectivity index (χ2v) is 3.25. The number of benzene rings is 1. The average Bonchev–Trinajstić information content (AvgIpc) is 2.24. The quantitative estimate of drug-likeness (QED) is 0.741. The van der Waals surface area contributed by atoms with Crippen molar-refractivity contribution in [1.29, 1.82) is 0 Å². The second-order valence-electron chi connectivity index (χ2n) is 3.25. The summed E-state index contributed by atoms with van der Waals surface area (Å²) < 4.78 is 0. The number of nitrogens with zero attached hydrogens (tertiary/aromatic N) is 1. The zero-order valence-corrected chi connectivity index (χ0v) is 9.07. The molecular weight excluding hydrogens is 188 g/mol. The molecule has 1 aromatic rings. The van der Waals surface area contributed by atoms with Crippen LogP contribution in [0.25, 0.3) is 5.57 Å². The summed E-state index contributed by atoms with van der Waals surface area (Å²) in [5.74, 6) is 0.294. The number of phenolic OH excluding ortho intramolecular Hbond substituents is 1. The molecular formula is C12H16N2O. The molecule has 0 aromatic heterocycles. The number of allylic oxidation sites excluding steroid dienone is 1. The lowest BCUT2D eigenvalue weighted by Gasteiger charge is -2.04. The normalized spacial score (nSPS) is 12.3. The van der Waals surface area contributed by atoms with E-state index in [0.29, 0.717) is 5.75 Å². The molecule has 0 aliphatic rings. The highest BCUT2D eigenvalue weighted by Crippen LogP contribution is 2.20. The predicted molar refractivity (Wildman–Crippen MR) is 64.0 cm³/mol. The maximum Gasteiger partial charge on any atom is 0.118 e. The summed E-state index contributed by atoms with van der Waals surface area (Å²) in [4.78, 5) is 4.14. The lowest BCUT2D eigenvalue weighted by Crippen LogP contribution is -1.92. The third kappa shape index (κ3) is 2.84. The van der Waals surface area contributed by atoms with E-state index < -0.39 is 0 Å². The molecule has 3 N–H and O–H groups in total. The molecule has 0 amide bonds. The van der Waals surface area contributed by atoms with Crippen LogP contribution in [0.15, 0.2) is 29.4 Å². The van der Waals surface area contributed by atoms with Gasteiger partial charge in [-0.1, -0.05) is 6.07 Å². The fourth-order valence-corrected chi connectivity index (χ4v) is 1.24. The van der Waals surface area contributed by atoms with Gasteiger partial charge in [-0.15, -0.1) is 0 Å². The van der Waals surface area contributed by atoms with E-state index in [2.05, 4.69) is 4.99 Å². The number of nitrogens with two attached hydrogens (primary N) is 1. The summed E-state index contributed by atoms with van der Waals surface area (Å²) in [6, 6.07) is 5.37. The van der Waals surface area contributed by atoms with Crippen LogP contribution in [0.2, 0.25) is 0 Å². The Balaban J connectivity index is 3.04. The van der Waals surface area contributed by atoms with E-state index >= 15 is 0 Å². The number of aryl methyl sites for hydroxylation is 1. The summed E-state index contributed by atoms with van der Waals surface area (Å²) in [7, 11) is 0. The number of hydrogen-bond donors (Lipinski definition) is 2. The van der Waals surface area contributed by atoms with E-state index in [4.69, 9.17) is 5.73 Å². The molecule has 15 heavy (non-hydrogen) atoms. The maximum atomic E-state index is 9.39. The van der Waals surface area contributed by atoms with E-state index in [9.17, 15) is 5.11 Å². The van der Waals surface area contributed by atoms with Crippen LogP contribution in [0.3, 0.4) is 0 Å². The minimum atomic E-state index is 0.294. The molecule has 80 valence electrons. The Hall–Kier alpha value is -1.77. The molecule has 0 saturated carbocycles. The summed E-state index contributed by atoms with van der Waals surface area (Å²) in [6.45, 7) is 4.55. The summed E-state index contributed by atoms with van der Waals surface area (Å²) in [5.41, 5.74) is 8.17. The van der Waals surface area contributed by atoms with Crippen LogP contribution < -0.4 is 5.73 Å². The third-order valence-electron chi connectivity index (χ3n) is 2.12. The van der Waals surface area contributed by atoms with Crippen molar-refractivity contribution in [2.24, 2.45) is 10.7 Å². The fraction of sp³-hybridized carbons (Fsp3) is 0.250. The molecule has 0 unspecified atom stereocenters. The smallest absolute Gasteiger partial charge is 0.118 e. The van der Waals surface area contributed by atoms with Gasteiger partial charge in [0.25, 0.3) is 0 Å². The lowest BCUT2D eigenvalue weighted by molar-refractivity contribution is 0.471. The third-order valence-corrected chi connectivity index (χ3v) is 2.12. The van der Waals surface area contributed by atoms with Gasteiger partial charge >= 0.3 is 0 Å². The highest BCUT2D eigenvalue weighted by molar-refractivity contribution is 6.09. The van der Waals surface area contributed by atoms with Crippen molar-refractivity contribution in [1.82, 2.24) is 0 Å². The van der Waals surface area contributed by atoms with Crippen LogP contribution in [0.5, 0.6) is 5.75 Å². The van der Waals surface area contributed by atoms with Crippen molar-refractivity contribution in [3.8, 4) is 5.75 Å². The Labute approximate surface area is 90.0 Å². The minimum absolute atomic E-state index is 0.294. The highest BCUT2D eigenvalue weighted by atomic mass is 16.3. The topological polar surface area (TPSA) is 58.6 Å². The SMILES string of the molecule is CCN=CC(=CN)c1ccc(O)c(C)c1. The second kappa shape index (κ2) is 5.20. The Bertz CT molecular complexity index is 395. The molecule has 0 aliphatic carbocycles. The van der Waals surface area contributed by atoms with Crippen molar-refractivity contribution in [2.75, 3.05) is 6.54 Å². The van der Waals surface area contributed by atoms with E-state index in [1.54, 1.807) is 12.3 Å². The molecule has 0 radical (unpaired) electrons. The van der Waals surface area contributed by atoms with Gasteiger partial charge in [0.05, 0.1) is 0 Å². The van der Waals surface area contributed by atoms with Gasteiger partial charge in [-0.3, -0.25) is 4.99 Å².